The van der Waals surface area contributed by atoms with E-state index in [1.165, 1.54) is 17.4 Å². The third-order valence-corrected chi connectivity index (χ3v) is 5.13. The predicted molar refractivity (Wildman–Crippen MR) is 112 cm³/mol. The molecule has 1 heterocycles. The Bertz CT molecular complexity index is 898. The van der Waals surface area contributed by atoms with E-state index in [1.54, 1.807) is 46.3 Å². The van der Waals surface area contributed by atoms with Crippen LogP contribution in [0.4, 0.5) is 5.00 Å². The number of amides is 1. The largest absolute Gasteiger partial charge is 0.493 e. The smallest absolute Gasteiger partial charge is 0.341 e. The lowest BCUT2D eigenvalue weighted by molar-refractivity contribution is -0.111. The van der Waals surface area contributed by atoms with E-state index < -0.39 is 5.97 Å². The molecular formula is C21H25NO5S. The van der Waals surface area contributed by atoms with Crippen molar-refractivity contribution in [3.8, 4) is 11.5 Å². The van der Waals surface area contributed by atoms with Crippen LogP contribution in [0.1, 0.15) is 40.2 Å². The number of methoxy groups -OCH3 is 2. The zero-order chi connectivity index (χ0) is 20.8. The lowest BCUT2D eigenvalue weighted by Crippen LogP contribution is -2.15. The second-order valence-electron chi connectivity index (χ2n) is 6.38. The maximum atomic E-state index is 12.4. The van der Waals surface area contributed by atoms with Crippen molar-refractivity contribution in [3.05, 3.63) is 45.8 Å². The molecule has 0 saturated heterocycles. The number of nitrogens with one attached hydrogen (secondary N) is 1. The molecule has 0 aliphatic rings. The third-order valence-electron chi connectivity index (χ3n) is 4.00. The van der Waals surface area contributed by atoms with Gasteiger partial charge in [0.1, 0.15) is 5.00 Å². The first-order valence-corrected chi connectivity index (χ1v) is 9.60. The van der Waals surface area contributed by atoms with Crippen molar-refractivity contribution < 1.29 is 23.8 Å². The maximum absolute atomic E-state index is 12.4. The Kier molecular flexibility index (Phi) is 7.23. The Hall–Kier alpha value is -2.80. The normalized spacial score (nSPS) is 11.0. The van der Waals surface area contributed by atoms with Crippen LogP contribution in [0, 0.1) is 13.8 Å². The van der Waals surface area contributed by atoms with Gasteiger partial charge in [-0.1, -0.05) is 6.07 Å². The van der Waals surface area contributed by atoms with E-state index in [-0.39, 0.29) is 12.0 Å². The maximum Gasteiger partial charge on any atom is 0.341 e. The summed E-state index contributed by atoms with van der Waals surface area (Å²) in [5.74, 6) is 0.417. The first kappa shape index (κ1) is 21.5. The van der Waals surface area contributed by atoms with Gasteiger partial charge >= 0.3 is 5.97 Å². The summed E-state index contributed by atoms with van der Waals surface area (Å²) in [6, 6.07) is 5.35. The highest BCUT2D eigenvalue weighted by atomic mass is 32.1. The molecule has 28 heavy (non-hydrogen) atoms. The Morgan fingerprint density at radius 2 is 1.79 bits per heavy atom. The molecule has 7 heteroatoms. The summed E-state index contributed by atoms with van der Waals surface area (Å²) < 4.78 is 15.8. The van der Waals surface area contributed by atoms with Crippen molar-refractivity contribution in [1.29, 1.82) is 0 Å². The van der Waals surface area contributed by atoms with Crippen molar-refractivity contribution in [2.75, 3.05) is 19.5 Å². The minimum Gasteiger partial charge on any atom is -0.493 e. The van der Waals surface area contributed by atoms with Crippen molar-refractivity contribution in [2.24, 2.45) is 0 Å². The number of aryl methyl sites for hydroxylation is 1. The Morgan fingerprint density at radius 1 is 1.11 bits per heavy atom. The summed E-state index contributed by atoms with van der Waals surface area (Å²) in [6.07, 6.45) is 2.83. The number of ether oxygens (including phenoxy) is 3. The molecule has 0 aliphatic carbocycles. The van der Waals surface area contributed by atoms with Gasteiger partial charge in [-0.05, 0) is 57.0 Å². The van der Waals surface area contributed by atoms with Gasteiger partial charge in [0.2, 0.25) is 5.91 Å². The highest BCUT2D eigenvalue weighted by Crippen LogP contribution is 2.33. The Balaban J connectivity index is 2.18. The molecule has 6 nitrogen and oxygen atoms in total. The van der Waals surface area contributed by atoms with Crippen molar-refractivity contribution in [2.45, 2.75) is 33.8 Å². The molecule has 2 aromatic rings. The molecule has 0 atom stereocenters. The lowest BCUT2D eigenvalue weighted by Gasteiger charge is -2.10. The fourth-order valence-electron chi connectivity index (χ4n) is 2.52. The molecule has 150 valence electrons. The lowest BCUT2D eigenvalue weighted by atomic mass is 10.1. The van der Waals surface area contributed by atoms with Gasteiger partial charge in [-0.3, -0.25) is 4.79 Å². The van der Waals surface area contributed by atoms with Gasteiger partial charge < -0.3 is 19.5 Å². The van der Waals surface area contributed by atoms with Crippen molar-refractivity contribution in [3.63, 3.8) is 0 Å². The zero-order valence-electron chi connectivity index (χ0n) is 16.9. The number of hydrogen-bond donors (Lipinski definition) is 1. The minimum atomic E-state index is -0.434. The van der Waals surface area contributed by atoms with Crippen LogP contribution in [0.5, 0.6) is 11.5 Å². The van der Waals surface area contributed by atoms with Gasteiger partial charge in [0.25, 0.3) is 0 Å². The number of thiophene rings is 1. The summed E-state index contributed by atoms with van der Waals surface area (Å²) in [5.41, 5.74) is 2.00. The molecular weight excluding hydrogens is 378 g/mol. The average Bonchev–Trinajstić information content (AvgIpc) is 2.92. The van der Waals surface area contributed by atoms with Crippen LogP contribution < -0.4 is 14.8 Å². The van der Waals surface area contributed by atoms with E-state index in [4.69, 9.17) is 14.2 Å². The quantitative estimate of drug-likeness (QED) is 0.540. The van der Waals surface area contributed by atoms with Gasteiger partial charge in [-0.2, -0.15) is 0 Å². The first-order valence-electron chi connectivity index (χ1n) is 8.78. The van der Waals surface area contributed by atoms with Gasteiger partial charge in [-0.25, -0.2) is 4.79 Å². The van der Waals surface area contributed by atoms with Crippen LogP contribution in [-0.2, 0) is 9.53 Å². The van der Waals surface area contributed by atoms with Crippen molar-refractivity contribution in [1.82, 2.24) is 0 Å². The molecule has 0 bridgehead atoms. The van der Waals surface area contributed by atoms with Crippen molar-refractivity contribution >= 4 is 34.3 Å². The average molecular weight is 404 g/mol. The van der Waals surface area contributed by atoms with Crippen LogP contribution in [0.15, 0.2) is 24.3 Å². The molecule has 0 radical (unpaired) electrons. The molecule has 1 aromatic heterocycles. The number of carbonyl (C=O) groups is 2. The second-order valence-corrected chi connectivity index (χ2v) is 7.60. The van der Waals surface area contributed by atoms with Crippen LogP contribution in [0.2, 0.25) is 0 Å². The highest BCUT2D eigenvalue weighted by Gasteiger charge is 2.22. The number of benzene rings is 1. The standard InChI is InChI=1S/C21H25NO5S/c1-12(2)27-21(24)19-13(3)14(4)28-20(19)22-18(23)10-8-15-7-9-16(25-5)17(11-15)26-6/h7-12H,1-6H3,(H,22,23)/b10-8+. The Morgan fingerprint density at radius 3 is 2.39 bits per heavy atom. The van der Waals surface area contributed by atoms with E-state index in [0.717, 1.165) is 16.0 Å². The fraction of sp³-hybridized carbons (Fsp3) is 0.333. The Labute approximate surface area is 169 Å². The van der Waals surface area contributed by atoms with Crippen LogP contribution in [-0.4, -0.2) is 32.2 Å². The highest BCUT2D eigenvalue weighted by molar-refractivity contribution is 7.16. The monoisotopic (exact) mass is 403 g/mol. The molecule has 1 amide bonds. The van der Waals surface area contributed by atoms with Crippen LogP contribution >= 0.6 is 11.3 Å². The molecule has 1 N–H and O–H groups in total. The van der Waals surface area contributed by atoms with E-state index in [2.05, 4.69) is 5.32 Å². The van der Waals surface area contributed by atoms with Crippen LogP contribution in [0.25, 0.3) is 6.08 Å². The van der Waals surface area contributed by atoms with Gasteiger partial charge in [-0.15, -0.1) is 11.3 Å². The molecule has 1 aromatic carbocycles. The number of hydrogen-bond acceptors (Lipinski definition) is 6. The number of carbonyl (C=O) groups excluding carboxylic acids is 2. The van der Waals surface area contributed by atoms with Gasteiger partial charge in [0, 0.05) is 11.0 Å². The number of rotatable bonds is 7. The predicted octanol–water partition coefficient (Wildman–Crippen LogP) is 4.60. The summed E-state index contributed by atoms with van der Waals surface area (Å²) in [6.45, 7) is 7.33. The summed E-state index contributed by atoms with van der Waals surface area (Å²) in [7, 11) is 3.12. The molecule has 0 unspecified atom stereocenters. The van der Waals surface area contributed by atoms with Gasteiger partial charge in [0.15, 0.2) is 11.5 Å². The minimum absolute atomic E-state index is 0.236. The molecule has 0 aliphatic heterocycles. The molecule has 0 fully saturated rings. The molecule has 2 rings (SSSR count). The van der Waals surface area contributed by atoms with E-state index >= 15 is 0 Å². The van der Waals surface area contributed by atoms with Crippen LogP contribution in [0.3, 0.4) is 0 Å². The summed E-state index contributed by atoms with van der Waals surface area (Å²) in [5, 5.41) is 3.27. The SMILES string of the molecule is COc1ccc(/C=C/C(=O)Nc2sc(C)c(C)c2C(=O)OC(C)C)cc1OC. The zero-order valence-corrected chi connectivity index (χ0v) is 17.7. The topological polar surface area (TPSA) is 73.9 Å². The number of esters is 1. The third kappa shape index (κ3) is 5.13. The summed E-state index contributed by atoms with van der Waals surface area (Å²) in [4.78, 5) is 25.7. The van der Waals surface area contributed by atoms with Gasteiger partial charge in [0.05, 0.1) is 25.9 Å². The second kappa shape index (κ2) is 9.41. The number of anilines is 1. The first-order chi connectivity index (χ1) is 13.3. The summed E-state index contributed by atoms with van der Waals surface area (Å²) >= 11 is 1.35. The molecule has 0 spiro atoms. The molecule has 0 saturated carbocycles. The van der Waals surface area contributed by atoms with E-state index in [1.807, 2.05) is 19.9 Å². The van der Waals surface area contributed by atoms with E-state index in [0.29, 0.717) is 22.1 Å². The fourth-order valence-corrected chi connectivity index (χ4v) is 3.57. The van der Waals surface area contributed by atoms with E-state index in [9.17, 15) is 9.59 Å².